The molecule has 1 rings (SSSR count). The van der Waals surface area contributed by atoms with Gasteiger partial charge in [0.2, 0.25) is 10.0 Å². The monoisotopic (exact) mass is 299 g/mol. The van der Waals surface area contributed by atoms with E-state index in [0.717, 1.165) is 30.6 Å². The molecule has 0 saturated heterocycles. The molecule has 0 aromatic heterocycles. The first kappa shape index (κ1) is 16.9. The van der Waals surface area contributed by atoms with Crippen molar-refractivity contribution in [2.75, 3.05) is 24.1 Å². The van der Waals surface area contributed by atoms with Gasteiger partial charge in [-0.25, -0.2) is 8.42 Å². The highest BCUT2D eigenvalue weighted by molar-refractivity contribution is 7.92. The van der Waals surface area contributed by atoms with E-state index in [1.54, 1.807) is 0 Å². The Morgan fingerprint density at radius 2 is 2.00 bits per heavy atom. The third-order valence-corrected chi connectivity index (χ3v) is 3.51. The van der Waals surface area contributed by atoms with Crippen molar-refractivity contribution in [1.29, 1.82) is 0 Å². The molecule has 0 atom stereocenters. The summed E-state index contributed by atoms with van der Waals surface area (Å²) in [6.45, 7) is 6.43. The molecule has 20 heavy (non-hydrogen) atoms. The van der Waals surface area contributed by atoms with Gasteiger partial charge in [-0.2, -0.15) is 0 Å². The molecule has 0 fully saturated rings. The number of sulfonamides is 1. The van der Waals surface area contributed by atoms with Crippen LogP contribution in [0, 0.1) is 0 Å². The lowest BCUT2D eigenvalue weighted by Gasteiger charge is -2.15. The summed E-state index contributed by atoms with van der Waals surface area (Å²) in [6, 6.07) is 5.82. The summed E-state index contributed by atoms with van der Waals surface area (Å²) in [5.41, 5.74) is 8.26. The predicted octanol–water partition coefficient (Wildman–Crippen LogP) is 1.62. The molecule has 0 spiro atoms. The molecule has 0 bridgehead atoms. The number of hydrogen-bond donors (Lipinski definition) is 3. The molecule has 114 valence electrons. The molecule has 5 nitrogen and oxygen atoms in total. The van der Waals surface area contributed by atoms with E-state index < -0.39 is 10.0 Å². The lowest BCUT2D eigenvalue weighted by Crippen LogP contribution is -2.18. The Morgan fingerprint density at radius 1 is 1.30 bits per heavy atom. The van der Waals surface area contributed by atoms with Crippen molar-refractivity contribution in [1.82, 2.24) is 5.32 Å². The molecule has 4 N–H and O–H groups in total. The molecule has 0 unspecified atom stereocenters. The zero-order valence-electron chi connectivity index (χ0n) is 12.4. The summed E-state index contributed by atoms with van der Waals surface area (Å²) in [5.74, 6) is 0.253. The third kappa shape index (κ3) is 5.90. The predicted molar refractivity (Wildman–Crippen MR) is 84.4 cm³/mol. The number of nitrogens with two attached hydrogens (primary N) is 1. The Bertz CT molecular complexity index is 527. The molecule has 0 amide bonds. The largest absolute Gasteiger partial charge is 0.330 e. The van der Waals surface area contributed by atoms with Crippen LogP contribution >= 0.6 is 0 Å². The summed E-state index contributed by atoms with van der Waals surface area (Å²) in [6.07, 6.45) is 2.12. The number of hydrogen-bond acceptors (Lipinski definition) is 4. The fourth-order valence-corrected chi connectivity index (χ4v) is 2.54. The Morgan fingerprint density at radius 3 is 2.55 bits per heavy atom. The highest BCUT2D eigenvalue weighted by Gasteiger charge is 2.11. The van der Waals surface area contributed by atoms with Crippen LogP contribution in [0.4, 0.5) is 5.69 Å². The second-order valence-corrected chi connectivity index (χ2v) is 7.02. The van der Waals surface area contributed by atoms with Crippen molar-refractivity contribution < 1.29 is 8.42 Å². The first-order chi connectivity index (χ1) is 9.33. The summed E-state index contributed by atoms with van der Waals surface area (Å²) in [7, 11) is -3.25. The maximum absolute atomic E-state index is 11.4. The third-order valence-electron chi connectivity index (χ3n) is 2.92. The number of nitrogens with one attached hydrogen (secondary N) is 2. The molecular weight excluding hydrogens is 274 g/mol. The molecule has 1 aromatic rings. The number of anilines is 1. The van der Waals surface area contributed by atoms with Gasteiger partial charge in [0, 0.05) is 6.54 Å². The van der Waals surface area contributed by atoms with Crippen LogP contribution in [-0.4, -0.2) is 27.8 Å². The molecule has 0 heterocycles. The fraction of sp³-hybridized carbons (Fsp3) is 0.571. The molecule has 0 aliphatic rings. The zero-order chi connectivity index (χ0) is 15.2. The topological polar surface area (TPSA) is 84.2 Å². The van der Waals surface area contributed by atoms with Crippen molar-refractivity contribution in [3.05, 3.63) is 29.3 Å². The van der Waals surface area contributed by atoms with E-state index in [1.807, 2.05) is 18.2 Å². The lowest BCUT2D eigenvalue weighted by atomic mass is 9.99. The minimum atomic E-state index is -3.25. The van der Waals surface area contributed by atoms with Gasteiger partial charge in [0.05, 0.1) is 11.9 Å². The Labute approximate surface area is 122 Å². The fourth-order valence-electron chi connectivity index (χ4n) is 1.95. The Kier molecular flexibility index (Phi) is 6.45. The SMILES string of the molecule is CC(C)c1cc(CNCCCN)ccc1NS(C)(=O)=O. The number of rotatable bonds is 8. The van der Waals surface area contributed by atoms with Crippen molar-refractivity contribution in [2.45, 2.75) is 32.7 Å². The average molecular weight is 299 g/mol. The zero-order valence-corrected chi connectivity index (χ0v) is 13.3. The first-order valence-electron chi connectivity index (χ1n) is 6.85. The van der Waals surface area contributed by atoms with Crippen molar-refractivity contribution in [2.24, 2.45) is 5.73 Å². The van der Waals surface area contributed by atoms with Crippen LogP contribution in [-0.2, 0) is 16.6 Å². The molecule has 0 saturated carbocycles. The Hall–Kier alpha value is -1.11. The minimum Gasteiger partial charge on any atom is -0.330 e. The van der Waals surface area contributed by atoms with E-state index in [0.29, 0.717) is 12.2 Å². The van der Waals surface area contributed by atoms with Crippen LogP contribution in [0.2, 0.25) is 0 Å². The van der Waals surface area contributed by atoms with E-state index in [1.165, 1.54) is 6.26 Å². The van der Waals surface area contributed by atoms with Gasteiger partial charge in [-0.1, -0.05) is 26.0 Å². The number of benzene rings is 1. The maximum Gasteiger partial charge on any atom is 0.229 e. The first-order valence-corrected chi connectivity index (χ1v) is 8.74. The Balaban J connectivity index is 2.84. The van der Waals surface area contributed by atoms with E-state index in [2.05, 4.69) is 23.9 Å². The summed E-state index contributed by atoms with van der Waals surface area (Å²) in [4.78, 5) is 0. The summed E-state index contributed by atoms with van der Waals surface area (Å²) < 4.78 is 25.3. The van der Waals surface area contributed by atoms with Crippen LogP contribution in [0.15, 0.2) is 18.2 Å². The normalized spacial score (nSPS) is 11.8. The van der Waals surface area contributed by atoms with Crippen molar-refractivity contribution in [3.63, 3.8) is 0 Å². The van der Waals surface area contributed by atoms with Crippen LogP contribution < -0.4 is 15.8 Å². The smallest absolute Gasteiger partial charge is 0.229 e. The van der Waals surface area contributed by atoms with Gasteiger partial charge in [0.25, 0.3) is 0 Å². The molecule has 0 aliphatic carbocycles. The highest BCUT2D eigenvalue weighted by atomic mass is 32.2. The second-order valence-electron chi connectivity index (χ2n) is 5.27. The maximum atomic E-state index is 11.4. The lowest BCUT2D eigenvalue weighted by molar-refractivity contribution is 0.606. The van der Waals surface area contributed by atoms with E-state index in [-0.39, 0.29) is 5.92 Å². The van der Waals surface area contributed by atoms with Gasteiger partial charge in [0.15, 0.2) is 0 Å². The second kappa shape index (κ2) is 7.61. The van der Waals surface area contributed by atoms with Gasteiger partial charge in [-0.05, 0) is 42.6 Å². The van der Waals surface area contributed by atoms with Gasteiger partial charge in [0.1, 0.15) is 0 Å². The molecular formula is C14H25N3O2S. The molecule has 0 radical (unpaired) electrons. The summed E-state index contributed by atoms with van der Waals surface area (Å²) in [5, 5.41) is 3.32. The molecule has 0 aliphatic heterocycles. The van der Waals surface area contributed by atoms with Gasteiger partial charge in [-0.3, -0.25) is 4.72 Å². The van der Waals surface area contributed by atoms with Crippen molar-refractivity contribution >= 4 is 15.7 Å². The van der Waals surface area contributed by atoms with Gasteiger partial charge < -0.3 is 11.1 Å². The van der Waals surface area contributed by atoms with Gasteiger partial charge in [-0.15, -0.1) is 0 Å². The highest BCUT2D eigenvalue weighted by Crippen LogP contribution is 2.26. The van der Waals surface area contributed by atoms with E-state index in [9.17, 15) is 8.42 Å². The minimum absolute atomic E-state index is 0.253. The van der Waals surface area contributed by atoms with Crippen LogP contribution in [0.1, 0.15) is 37.3 Å². The molecule has 1 aromatic carbocycles. The quantitative estimate of drug-likeness (QED) is 0.637. The van der Waals surface area contributed by atoms with E-state index in [4.69, 9.17) is 5.73 Å². The van der Waals surface area contributed by atoms with Crippen LogP contribution in [0.5, 0.6) is 0 Å². The van der Waals surface area contributed by atoms with Crippen LogP contribution in [0.25, 0.3) is 0 Å². The van der Waals surface area contributed by atoms with Crippen LogP contribution in [0.3, 0.4) is 0 Å². The van der Waals surface area contributed by atoms with Gasteiger partial charge >= 0.3 is 0 Å². The van der Waals surface area contributed by atoms with Crippen molar-refractivity contribution in [3.8, 4) is 0 Å². The molecule has 6 heteroatoms. The average Bonchev–Trinajstić information content (AvgIpc) is 2.34. The summed E-state index contributed by atoms with van der Waals surface area (Å²) >= 11 is 0. The standard InChI is InChI=1S/C14H25N3O2S/c1-11(2)13-9-12(10-16-8-4-7-15)5-6-14(13)17-20(3,18)19/h5-6,9,11,16-17H,4,7-8,10,15H2,1-3H3. The van der Waals surface area contributed by atoms with E-state index >= 15 is 0 Å².